The summed E-state index contributed by atoms with van der Waals surface area (Å²) < 4.78 is 11.4. The minimum absolute atomic E-state index is 0.339. The van der Waals surface area contributed by atoms with Crippen LogP contribution in [0.25, 0.3) is 22.4 Å². The van der Waals surface area contributed by atoms with Gasteiger partial charge in [-0.3, -0.25) is 4.98 Å². The summed E-state index contributed by atoms with van der Waals surface area (Å²) in [7, 11) is 0. The van der Waals surface area contributed by atoms with Gasteiger partial charge in [-0.25, -0.2) is 4.98 Å². The summed E-state index contributed by atoms with van der Waals surface area (Å²) >= 11 is 0. The molecule has 2 heterocycles. The molecule has 0 radical (unpaired) electrons. The second-order valence-corrected chi connectivity index (χ2v) is 5.13. The Bertz CT molecular complexity index is 927. The third kappa shape index (κ3) is 2.79. The lowest BCUT2D eigenvalue weighted by molar-refractivity contribution is 0.304. The van der Waals surface area contributed by atoms with E-state index in [0.717, 1.165) is 27.9 Å². The van der Waals surface area contributed by atoms with Crippen LogP contribution >= 0.6 is 0 Å². The molecule has 0 aliphatic carbocycles. The van der Waals surface area contributed by atoms with E-state index in [2.05, 4.69) is 9.97 Å². The topological polar surface area (TPSA) is 48.2 Å². The number of rotatable bonds is 4. The predicted octanol–water partition coefficient (Wildman–Crippen LogP) is 4.47. The third-order valence-electron chi connectivity index (χ3n) is 3.54. The van der Waals surface area contributed by atoms with E-state index < -0.39 is 0 Å². The number of hydrogen-bond acceptors (Lipinski definition) is 4. The van der Waals surface area contributed by atoms with E-state index in [-0.39, 0.29) is 0 Å². The molecule has 2 aromatic carbocycles. The van der Waals surface area contributed by atoms with Crippen molar-refractivity contribution >= 4 is 10.9 Å². The van der Waals surface area contributed by atoms with Gasteiger partial charge in [0.15, 0.2) is 0 Å². The maximum absolute atomic E-state index is 5.87. The van der Waals surface area contributed by atoms with Crippen LogP contribution < -0.4 is 4.74 Å². The number of para-hydroxylation sites is 1. The van der Waals surface area contributed by atoms with E-state index >= 15 is 0 Å². The quantitative estimate of drug-likeness (QED) is 0.558. The Kier molecular flexibility index (Phi) is 3.48. The van der Waals surface area contributed by atoms with E-state index in [1.54, 1.807) is 12.5 Å². The minimum Gasteiger partial charge on any atom is -0.485 e. The first-order chi connectivity index (χ1) is 11.4. The van der Waals surface area contributed by atoms with Crippen molar-refractivity contribution in [2.24, 2.45) is 0 Å². The van der Waals surface area contributed by atoms with E-state index in [1.807, 2.05) is 60.7 Å². The summed E-state index contributed by atoms with van der Waals surface area (Å²) in [6.45, 7) is 0.339. The van der Waals surface area contributed by atoms with Gasteiger partial charge in [0.1, 0.15) is 29.8 Å². The summed E-state index contributed by atoms with van der Waals surface area (Å²) in [5, 5.41) is 1.05. The number of ether oxygens (including phenoxy) is 1. The molecule has 0 aliphatic rings. The molecule has 23 heavy (non-hydrogen) atoms. The lowest BCUT2D eigenvalue weighted by atomic mass is 10.2. The van der Waals surface area contributed by atoms with E-state index in [9.17, 15) is 0 Å². The molecule has 4 aromatic rings. The van der Waals surface area contributed by atoms with Crippen LogP contribution in [0, 0.1) is 0 Å². The Morgan fingerprint density at radius 1 is 0.913 bits per heavy atom. The number of aromatic nitrogens is 2. The van der Waals surface area contributed by atoms with Gasteiger partial charge >= 0.3 is 0 Å². The highest BCUT2D eigenvalue weighted by atomic mass is 16.5. The van der Waals surface area contributed by atoms with Gasteiger partial charge in [-0.1, -0.05) is 36.4 Å². The Hall–Kier alpha value is -3.14. The van der Waals surface area contributed by atoms with Gasteiger partial charge in [-0.2, -0.15) is 0 Å². The van der Waals surface area contributed by atoms with Gasteiger partial charge < -0.3 is 9.15 Å². The van der Waals surface area contributed by atoms with Gasteiger partial charge in [-0.15, -0.1) is 0 Å². The average molecular weight is 302 g/mol. The number of hydrogen-bond donors (Lipinski definition) is 0. The molecule has 0 fully saturated rings. The summed E-state index contributed by atoms with van der Waals surface area (Å²) in [5.74, 6) is 1.34. The van der Waals surface area contributed by atoms with Gasteiger partial charge in [0, 0.05) is 17.1 Å². The molecular formula is C19H14N2O2. The predicted molar refractivity (Wildman–Crippen MR) is 88.0 cm³/mol. The van der Waals surface area contributed by atoms with Crippen LogP contribution in [0.3, 0.4) is 0 Å². The van der Waals surface area contributed by atoms with Crippen molar-refractivity contribution in [1.29, 1.82) is 0 Å². The number of fused-ring (bicyclic) bond motifs is 1. The lowest BCUT2D eigenvalue weighted by Crippen LogP contribution is -1.97. The molecule has 0 saturated heterocycles. The first-order valence-electron chi connectivity index (χ1n) is 7.36. The monoisotopic (exact) mass is 302 g/mol. The third-order valence-corrected chi connectivity index (χ3v) is 3.54. The van der Waals surface area contributed by atoms with Gasteiger partial charge in [0.25, 0.3) is 0 Å². The van der Waals surface area contributed by atoms with Crippen molar-refractivity contribution in [3.05, 3.63) is 78.8 Å². The Labute approximate surface area is 133 Å². The molecule has 0 saturated carbocycles. The molecule has 0 amide bonds. The highest BCUT2D eigenvalue weighted by molar-refractivity contribution is 5.84. The summed E-state index contributed by atoms with van der Waals surface area (Å²) in [6.07, 6.45) is 3.39. The zero-order valence-electron chi connectivity index (χ0n) is 12.3. The van der Waals surface area contributed by atoms with E-state index in [1.165, 1.54) is 0 Å². The van der Waals surface area contributed by atoms with Gasteiger partial charge in [-0.05, 0) is 24.3 Å². The second kappa shape index (κ2) is 5.93. The maximum atomic E-state index is 5.87. The van der Waals surface area contributed by atoms with Crippen molar-refractivity contribution in [2.75, 3.05) is 0 Å². The summed E-state index contributed by atoms with van der Waals surface area (Å²) in [5.41, 5.74) is 2.55. The fraction of sp³-hybridized carbons (Fsp3) is 0.0526. The smallest absolute Gasteiger partial charge is 0.226 e. The average Bonchev–Trinajstić information content (AvgIpc) is 3.10. The van der Waals surface area contributed by atoms with E-state index in [4.69, 9.17) is 9.15 Å². The molecule has 2 aromatic heterocycles. The first kappa shape index (κ1) is 13.5. The van der Waals surface area contributed by atoms with Crippen molar-refractivity contribution in [2.45, 2.75) is 6.61 Å². The SMILES string of the molecule is c1ccc(-c2nc(COc3cccc4cccnc34)co2)cc1. The maximum Gasteiger partial charge on any atom is 0.226 e. The highest BCUT2D eigenvalue weighted by Crippen LogP contribution is 2.24. The van der Waals surface area contributed by atoms with Crippen LogP contribution in [0.2, 0.25) is 0 Å². The molecular weight excluding hydrogens is 288 g/mol. The Morgan fingerprint density at radius 3 is 2.70 bits per heavy atom. The molecule has 4 heteroatoms. The number of pyridine rings is 1. The van der Waals surface area contributed by atoms with Crippen LogP contribution in [-0.2, 0) is 6.61 Å². The Balaban J connectivity index is 1.54. The number of oxazole rings is 1. The van der Waals surface area contributed by atoms with Crippen molar-refractivity contribution in [3.63, 3.8) is 0 Å². The molecule has 0 aliphatic heterocycles. The Morgan fingerprint density at radius 2 is 1.78 bits per heavy atom. The van der Waals surface area contributed by atoms with Crippen molar-refractivity contribution in [3.8, 4) is 17.2 Å². The van der Waals surface area contributed by atoms with Crippen LogP contribution in [0.1, 0.15) is 5.69 Å². The second-order valence-electron chi connectivity index (χ2n) is 5.13. The molecule has 0 atom stereocenters. The zero-order chi connectivity index (χ0) is 15.5. The molecule has 4 rings (SSSR count). The van der Waals surface area contributed by atoms with Crippen LogP contribution in [0.4, 0.5) is 0 Å². The van der Waals surface area contributed by atoms with Gasteiger partial charge in [0.2, 0.25) is 5.89 Å². The van der Waals surface area contributed by atoms with Crippen LogP contribution in [-0.4, -0.2) is 9.97 Å². The highest BCUT2D eigenvalue weighted by Gasteiger charge is 2.08. The lowest BCUT2D eigenvalue weighted by Gasteiger charge is -2.06. The zero-order valence-corrected chi connectivity index (χ0v) is 12.3. The fourth-order valence-electron chi connectivity index (χ4n) is 2.43. The normalized spacial score (nSPS) is 10.8. The molecule has 0 spiro atoms. The molecule has 112 valence electrons. The van der Waals surface area contributed by atoms with E-state index in [0.29, 0.717) is 12.5 Å². The summed E-state index contributed by atoms with van der Waals surface area (Å²) in [6, 6.07) is 19.6. The molecule has 0 unspecified atom stereocenters. The van der Waals surface area contributed by atoms with Crippen molar-refractivity contribution in [1.82, 2.24) is 9.97 Å². The fourth-order valence-corrected chi connectivity index (χ4v) is 2.43. The summed E-state index contributed by atoms with van der Waals surface area (Å²) in [4.78, 5) is 8.84. The standard InChI is InChI=1S/C19H14N2O2/c1-2-6-15(7-3-1)19-21-16(13-23-19)12-22-17-10-4-8-14-9-5-11-20-18(14)17/h1-11,13H,12H2. The minimum atomic E-state index is 0.339. The first-order valence-corrected chi connectivity index (χ1v) is 7.36. The molecule has 0 N–H and O–H groups in total. The number of benzene rings is 2. The number of nitrogens with zero attached hydrogens (tertiary/aromatic N) is 2. The van der Waals surface area contributed by atoms with Crippen molar-refractivity contribution < 1.29 is 9.15 Å². The van der Waals surface area contributed by atoms with Crippen LogP contribution in [0.5, 0.6) is 5.75 Å². The van der Waals surface area contributed by atoms with Crippen LogP contribution in [0.15, 0.2) is 77.5 Å². The molecule has 0 bridgehead atoms. The molecule has 4 nitrogen and oxygen atoms in total. The largest absolute Gasteiger partial charge is 0.485 e. The van der Waals surface area contributed by atoms with Gasteiger partial charge in [0.05, 0.1) is 0 Å².